The second-order valence-electron chi connectivity index (χ2n) is 10.1. The summed E-state index contributed by atoms with van der Waals surface area (Å²) in [6, 6.07) is 12.5. The van der Waals surface area contributed by atoms with Crippen molar-refractivity contribution in [3.63, 3.8) is 0 Å². The van der Waals surface area contributed by atoms with Crippen LogP contribution < -0.4 is 15.4 Å². The van der Waals surface area contributed by atoms with Crippen molar-refractivity contribution in [1.29, 1.82) is 0 Å². The molecule has 2 aromatic rings. The van der Waals surface area contributed by atoms with Crippen LogP contribution in [0.1, 0.15) is 44.7 Å². The van der Waals surface area contributed by atoms with E-state index < -0.39 is 0 Å². The molecule has 0 aliphatic carbocycles. The van der Waals surface area contributed by atoms with Gasteiger partial charge in [0, 0.05) is 18.5 Å². The summed E-state index contributed by atoms with van der Waals surface area (Å²) in [6.07, 6.45) is 2.35. The van der Waals surface area contributed by atoms with Crippen LogP contribution >= 0.6 is 0 Å². The standard InChI is InChI=1S/C25H35N3O/c1-18-10-11-21(29-5)23-22(18)25(12-14-27(15-13-25)16-24(2,3)4)17-28(23)20-9-7-6-8-19(20)26/h6-11H,12-17,26H2,1-5H3. The van der Waals surface area contributed by atoms with Gasteiger partial charge in [0.2, 0.25) is 0 Å². The van der Waals surface area contributed by atoms with Gasteiger partial charge < -0.3 is 20.3 Å². The van der Waals surface area contributed by atoms with E-state index in [1.54, 1.807) is 7.11 Å². The lowest BCUT2D eigenvalue weighted by Gasteiger charge is -2.42. The molecule has 4 nitrogen and oxygen atoms in total. The number of anilines is 3. The number of para-hydroxylation sites is 2. The maximum atomic E-state index is 6.41. The van der Waals surface area contributed by atoms with Gasteiger partial charge in [-0.3, -0.25) is 0 Å². The predicted molar refractivity (Wildman–Crippen MR) is 122 cm³/mol. The van der Waals surface area contributed by atoms with Crippen LogP contribution in [0.3, 0.4) is 0 Å². The normalized spacial score (nSPS) is 18.9. The van der Waals surface area contributed by atoms with E-state index in [1.807, 2.05) is 12.1 Å². The Hall–Kier alpha value is -2.20. The number of piperidine rings is 1. The Morgan fingerprint density at radius 3 is 2.38 bits per heavy atom. The second-order valence-corrected chi connectivity index (χ2v) is 10.1. The zero-order valence-corrected chi connectivity index (χ0v) is 18.6. The lowest BCUT2D eigenvalue weighted by molar-refractivity contribution is 0.125. The van der Waals surface area contributed by atoms with Crippen LogP contribution in [-0.2, 0) is 5.41 Å². The molecule has 2 aliphatic heterocycles. The first-order chi connectivity index (χ1) is 13.7. The number of methoxy groups -OCH3 is 1. The van der Waals surface area contributed by atoms with Gasteiger partial charge >= 0.3 is 0 Å². The minimum Gasteiger partial charge on any atom is -0.495 e. The largest absolute Gasteiger partial charge is 0.495 e. The summed E-state index contributed by atoms with van der Waals surface area (Å²) < 4.78 is 5.83. The number of nitrogens with zero attached hydrogens (tertiary/aromatic N) is 2. The molecule has 0 unspecified atom stereocenters. The Morgan fingerprint density at radius 1 is 1.07 bits per heavy atom. The molecule has 2 heterocycles. The van der Waals surface area contributed by atoms with Gasteiger partial charge in [-0.2, -0.15) is 0 Å². The first kappa shape index (κ1) is 20.1. The maximum Gasteiger partial charge on any atom is 0.142 e. The number of nitrogens with two attached hydrogens (primary N) is 1. The van der Waals surface area contributed by atoms with E-state index >= 15 is 0 Å². The van der Waals surface area contributed by atoms with Crippen molar-refractivity contribution in [3.8, 4) is 5.75 Å². The van der Waals surface area contributed by atoms with Crippen molar-refractivity contribution in [1.82, 2.24) is 4.90 Å². The molecule has 2 N–H and O–H groups in total. The number of likely N-dealkylation sites (tertiary alicyclic amines) is 1. The molecule has 4 rings (SSSR count). The SMILES string of the molecule is COc1ccc(C)c2c1N(c1ccccc1N)CC21CCN(CC(C)(C)C)CC1. The molecular formula is C25H35N3O. The number of nitrogen functional groups attached to an aromatic ring is 1. The highest BCUT2D eigenvalue weighted by Crippen LogP contribution is 2.55. The molecule has 0 radical (unpaired) electrons. The summed E-state index contributed by atoms with van der Waals surface area (Å²) in [4.78, 5) is 5.05. The highest BCUT2D eigenvalue weighted by atomic mass is 16.5. The molecule has 1 saturated heterocycles. The first-order valence-electron chi connectivity index (χ1n) is 10.8. The van der Waals surface area contributed by atoms with Gasteiger partial charge in [-0.15, -0.1) is 0 Å². The zero-order chi connectivity index (χ0) is 20.8. The van der Waals surface area contributed by atoms with Crippen LogP contribution in [0.25, 0.3) is 0 Å². The maximum absolute atomic E-state index is 6.41. The molecule has 1 fully saturated rings. The van der Waals surface area contributed by atoms with Crippen LogP contribution in [0.2, 0.25) is 0 Å². The van der Waals surface area contributed by atoms with Crippen molar-refractivity contribution >= 4 is 17.1 Å². The first-order valence-corrected chi connectivity index (χ1v) is 10.8. The topological polar surface area (TPSA) is 41.7 Å². The van der Waals surface area contributed by atoms with Crippen LogP contribution in [0, 0.1) is 12.3 Å². The number of ether oxygens (including phenoxy) is 1. The van der Waals surface area contributed by atoms with E-state index in [-0.39, 0.29) is 5.41 Å². The van der Waals surface area contributed by atoms with Crippen molar-refractivity contribution in [2.75, 3.05) is 43.9 Å². The third kappa shape index (κ3) is 3.59. The van der Waals surface area contributed by atoms with E-state index in [1.165, 1.54) is 29.7 Å². The minimum atomic E-state index is 0.157. The van der Waals surface area contributed by atoms with Crippen molar-refractivity contribution in [2.45, 2.75) is 46.0 Å². The molecule has 0 aromatic heterocycles. The van der Waals surface area contributed by atoms with Gasteiger partial charge in [0.25, 0.3) is 0 Å². The summed E-state index contributed by atoms with van der Waals surface area (Å²) in [5, 5.41) is 0. The second kappa shape index (κ2) is 7.24. The van der Waals surface area contributed by atoms with Gasteiger partial charge in [-0.1, -0.05) is 39.0 Å². The lowest BCUT2D eigenvalue weighted by Crippen LogP contribution is -2.47. The summed E-state index contributed by atoms with van der Waals surface area (Å²) in [6.45, 7) is 13.7. The van der Waals surface area contributed by atoms with Gasteiger partial charge in [0.1, 0.15) is 5.75 Å². The Bertz CT molecular complexity index is 891. The Kier molecular flexibility index (Phi) is 5.02. The average Bonchev–Trinajstić information content (AvgIpc) is 2.99. The molecule has 0 bridgehead atoms. The van der Waals surface area contributed by atoms with Crippen LogP contribution in [0.5, 0.6) is 5.75 Å². The molecular weight excluding hydrogens is 358 g/mol. The highest BCUT2D eigenvalue weighted by molar-refractivity contribution is 5.84. The Balaban J connectivity index is 1.75. The number of fused-ring (bicyclic) bond motifs is 2. The number of hydrogen-bond acceptors (Lipinski definition) is 4. The van der Waals surface area contributed by atoms with Crippen molar-refractivity contribution in [2.24, 2.45) is 5.41 Å². The molecule has 156 valence electrons. The van der Waals surface area contributed by atoms with Crippen LogP contribution in [0.4, 0.5) is 17.1 Å². The summed E-state index contributed by atoms with van der Waals surface area (Å²) in [7, 11) is 1.77. The van der Waals surface area contributed by atoms with E-state index in [0.717, 1.165) is 43.3 Å². The average molecular weight is 394 g/mol. The minimum absolute atomic E-state index is 0.157. The molecule has 2 aromatic carbocycles. The Morgan fingerprint density at radius 2 is 1.76 bits per heavy atom. The summed E-state index contributed by atoms with van der Waals surface area (Å²) >= 11 is 0. The molecule has 29 heavy (non-hydrogen) atoms. The fourth-order valence-corrected chi connectivity index (χ4v) is 5.39. The smallest absolute Gasteiger partial charge is 0.142 e. The highest BCUT2D eigenvalue weighted by Gasteiger charge is 2.47. The van der Waals surface area contributed by atoms with E-state index in [2.05, 4.69) is 61.8 Å². The monoisotopic (exact) mass is 393 g/mol. The van der Waals surface area contributed by atoms with Gasteiger partial charge in [-0.25, -0.2) is 0 Å². The Labute approximate surface area is 175 Å². The van der Waals surface area contributed by atoms with Crippen LogP contribution in [0.15, 0.2) is 36.4 Å². The van der Waals surface area contributed by atoms with Gasteiger partial charge in [-0.05, 0) is 67.6 Å². The zero-order valence-electron chi connectivity index (χ0n) is 18.6. The van der Waals surface area contributed by atoms with Crippen molar-refractivity contribution in [3.05, 3.63) is 47.5 Å². The molecule has 1 spiro atoms. The predicted octanol–water partition coefficient (Wildman–Crippen LogP) is 5.12. The number of benzene rings is 2. The number of hydrogen-bond donors (Lipinski definition) is 1. The third-order valence-corrected chi connectivity index (χ3v) is 6.57. The molecule has 0 saturated carbocycles. The number of rotatable bonds is 3. The fraction of sp³-hybridized carbons (Fsp3) is 0.520. The fourth-order valence-electron chi connectivity index (χ4n) is 5.39. The molecule has 4 heteroatoms. The molecule has 0 amide bonds. The van der Waals surface area contributed by atoms with E-state index in [0.29, 0.717) is 5.41 Å². The summed E-state index contributed by atoms with van der Waals surface area (Å²) in [5.74, 6) is 0.947. The van der Waals surface area contributed by atoms with Crippen molar-refractivity contribution < 1.29 is 4.74 Å². The van der Waals surface area contributed by atoms with Gasteiger partial charge in [0.15, 0.2) is 0 Å². The summed E-state index contributed by atoms with van der Waals surface area (Å²) in [5.41, 5.74) is 12.9. The van der Waals surface area contributed by atoms with Crippen LogP contribution in [-0.4, -0.2) is 38.2 Å². The van der Waals surface area contributed by atoms with Gasteiger partial charge in [0.05, 0.1) is 24.2 Å². The molecule has 2 aliphatic rings. The number of aryl methyl sites for hydroxylation is 1. The third-order valence-electron chi connectivity index (χ3n) is 6.57. The lowest BCUT2D eigenvalue weighted by atomic mass is 9.72. The quantitative estimate of drug-likeness (QED) is 0.735. The van der Waals surface area contributed by atoms with E-state index in [4.69, 9.17) is 10.5 Å². The van der Waals surface area contributed by atoms with E-state index in [9.17, 15) is 0 Å². The molecule has 0 atom stereocenters.